The van der Waals surface area contributed by atoms with Gasteiger partial charge in [0.25, 0.3) is 0 Å². The molecule has 3 heterocycles. The third-order valence-corrected chi connectivity index (χ3v) is 6.47. The van der Waals surface area contributed by atoms with Crippen molar-refractivity contribution in [1.29, 1.82) is 0 Å². The monoisotopic (exact) mass is 379 g/mol. The van der Waals surface area contributed by atoms with Gasteiger partial charge in [0.1, 0.15) is 11.9 Å². The van der Waals surface area contributed by atoms with Crippen LogP contribution in [0.15, 0.2) is 24.4 Å². The SMILES string of the molecule is C1=Cc2nc(C3CCC(Oc4ncccc4C4CCOCC4)CC3)[nH]c2CC1. The molecule has 0 bridgehead atoms. The van der Waals surface area contributed by atoms with Gasteiger partial charge in [-0.15, -0.1) is 0 Å². The van der Waals surface area contributed by atoms with Crippen molar-refractivity contribution in [1.82, 2.24) is 15.0 Å². The number of rotatable bonds is 4. The van der Waals surface area contributed by atoms with Crippen molar-refractivity contribution < 1.29 is 9.47 Å². The molecule has 1 N–H and O–H groups in total. The normalized spacial score (nSPS) is 25.4. The number of nitrogens with zero attached hydrogens (tertiary/aromatic N) is 2. The van der Waals surface area contributed by atoms with Crippen LogP contribution in [-0.4, -0.2) is 34.3 Å². The molecule has 0 unspecified atom stereocenters. The lowest BCUT2D eigenvalue weighted by molar-refractivity contribution is 0.0828. The highest BCUT2D eigenvalue weighted by Crippen LogP contribution is 2.37. The van der Waals surface area contributed by atoms with Crippen molar-refractivity contribution in [3.05, 3.63) is 47.2 Å². The molecule has 0 radical (unpaired) electrons. The number of hydrogen-bond acceptors (Lipinski definition) is 4. The van der Waals surface area contributed by atoms with Crippen LogP contribution in [0.3, 0.4) is 0 Å². The second-order valence-electron chi connectivity index (χ2n) is 8.30. The van der Waals surface area contributed by atoms with Gasteiger partial charge in [0.15, 0.2) is 0 Å². The molecule has 0 atom stereocenters. The Kier molecular flexibility index (Phi) is 5.17. The number of aryl methyl sites for hydroxylation is 1. The fourth-order valence-electron chi connectivity index (χ4n) is 4.82. The molecule has 1 saturated carbocycles. The number of pyridine rings is 1. The predicted molar refractivity (Wildman–Crippen MR) is 109 cm³/mol. The first kappa shape index (κ1) is 17.9. The Balaban J connectivity index is 1.22. The minimum atomic E-state index is 0.259. The van der Waals surface area contributed by atoms with E-state index in [0.29, 0.717) is 11.8 Å². The van der Waals surface area contributed by atoms with Crippen molar-refractivity contribution in [2.75, 3.05) is 13.2 Å². The molecular formula is C23H29N3O2. The molecule has 1 aliphatic heterocycles. The molecule has 5 nitrogen and oxygen atoms in total. The van der Waals surface area contributed by atoms with E-state index in [1.54, 1.807) is 0 Å². The number of aromatic amines is 1. The van der Waals surface area contributed by atoms with Crippen LogP contribution in [0, 0.1) is 0 Å². The van der Waals surface area contributed by atoms with Gasteiger partial charge in [-0.3, -0.25) is 0 Å². The Bertz CT molecular complexity index is 830. The molecule has 28 heavy (non-hydrogen) atoms. The maximum absolute atomic E-state index is 6.41. The number of H-pyrrole nitrogens is 1. The molecule has 2 aromatic heterocycles. The fraction of sp³-hybridized carbons (Fsp3) is 0.565. The van der Waals surface area contributed by atoms with Crippen LogP contribution >= 0.6 is 0 Å². The molecule has 2 fully saturated rings. The molecule has 2 aliphatic carbocycles. The molecule has 0 aromatic carbocycles. The van der Waals surface area contributed by atoms with Crippen LogP contribution in [0.4, 0.5) is 0 Å². The molecule has 0 spiro atoms. The van der Waals surface area contributed by atoms with Crippen molar-refractivity contribution in [3.63, 3.8) is 0 Å². The van der Waals surface area contributed by atoms with E-state index in [4.69, 9.17) is 14.5 Å². The van der Waals surface area contributed by atoms with Gasteiger partial charge in [-0.05, 0) is 69.4 Å². The number of nitrogens with one attached hydrogen (secondary N) is 1. The van der Waals surface area contributed by atoms with Crippen LogP contribution in [0.1, 0.15) is 79.6 Å². The Morgan fingerprint density at radius 1 is 1.04 bits per heavy atom. The summed E-state index contributed by atoms with van der Waals surface area (Å²) in [6, 6.07) is 4.21. The average Bonchev–Trinajstić information content (AvgIpc) is 3.20. The molecule has 2 aromatic rings. The lowest BCUT2D eigenvalue weighted by atomic mass is 9.86. The first-order chi connectivity index (χ1) is 13.9. The smallest absolute Gasteiger partial charge is 0.217 e. The highest BCUT2D eigenvalue weighted by atomic mass is 16.5. The number of fused-ring (bicyclic) bond motifs is 1. The average molecular weight is 380 g/mol. The largest absolute Gasteiger partial charge is 0.474 e. The van der Waals surface area contributed by atoms with E-state index >= 15 is 0 Å². The summed E-state index contributed by atoms with van der Waals surface area (Å²) < 4.78 is 11.9. The van der Waals surface area contributed by atoms with Crippen molar-refractivity contribution in [2.45, 2.75) is 69.3 Å². The summed E-state index contributed by atoms with van der Waals surface area (Å²) >= 11 is 0. The van der Waals surface area contributed by atoms with E-state index < -0.39 is 0 Å². The molecule has 3 aliphatic rings. The lowest BCUT2D eigenvalue weighted by Gasteiger charge is -2.29. The quantitative estimate of drug-likeness (QED) is 0.832. The van der Waals surface area contributed by atoms with Crippen LogP contribution in [0.25, 0.3) is 6.08 Å². The second kappa shape index (κ2) is 8.08. The summed E-state index contributed by atoms with van der Waals surface area (Å²) in [5.41, 5.74) is 3.72. The number of ether oxygens (including phenoxy) is 2. The Morgan fingerprint density at radius 3 is 2.71 bits per heavy atom. The molecule has 5 heteroatoms. The Morgan fingerprint density at radius 2 is 1.89 bits per heavy atom. The number of imidazole rings is 1. The van der Waals surface area contributed by atoms with E-state index in [1.807, 2.05) is 12.3 Å². The van der Waals surface area contributed by atoms with Gasteiger partial charge in [0.05, 0.1) is 5.69 Å². The first-order valence-electron chi connectivity index (χ1n) is 10.8. The van der Waals surface area contributed by atoms with Gasteiger partial charge in [-0.2, -0.15) is 0 Å². The minimum Gasteiger partial charge on any atom is -0.474 e. The van der Waals surface area contributed by atoms with E-state index in [2.05, 4.69) is 28.2 Å². The van der Waals surface area contributed by atoms with Crippen molar-refractivity contribution >= 4 is 6.08 Å². The summed E-state index contributed by atoms with van der Waals surface area (Å²) in [4.78, 5) is 13.0. The lowest BCUT2D eigenvalue weighted by Crippen LogP contribution is -2.25. The zero-order chi connectivity index (χ0) is 18.8. The Labute approximate surface area is 166 Å². The van der Waals surface area contributed by atoms with Crippen LogP contribution < -0.4 is 4.74 Å². The van der Waals surface area contributed by atoms with Gasteiger partial charge in [0, 0.05) is 36.6 Å². The van der Waals surface area contributed by atoms with Gasteiger partial charge in [-0.25, -0.2) is 9.97 Å². The highest BCUT2D eigenvalue weighted by molar-refractivity contribution is 5.50. The van der Waals surface area contributed by atoms with Gasteiger partial charge in [-0.1, -0.05) is 12.1 Å². The van der Waals surface area contributed by atoms with Crippen LogP contribution in [-0.2, 0) is 11.2 Å². The second-order valence-corrected chi connectivity index (χ2v) is 8.30. The van der Waals surface area contributed by atoms with E-state index in [-0.39, 0.29) is 6.10 Å². The van der Waals surface area contributed by atoms with Crippen LogP contribution in [0.5, 0.6) is 5.88 Å². The first-order valence-corrected chi connectivity index (χ1v) is 10.8. The predicted octanol–water partition coefficient (Wildman–Crippen LogP) is 4.76. The van der Waals surface area contributed by atoms with Gasteiger partial charge >= 0.3 is 0 Å². The summed E-state index contributed by atoms with van der Waals surface area (Å²) in [7, 11) is 0. The highest BCUT2D eigenvalue weighted by Gasteiger charge is 2.28. The third kappa shape index (κ3) is 3.72. The molecule has 148 valence electrons. The van der Waals surface area contributed by atoms with Gasteiger partial charge in [0.2, 0.25) is 5.88 Å². The Hall–Kier alpha value is -2.14. The molecular weight excluding hydrogens is 350 g/mol. The standard InChI is InChI=1S/C23H29N3O2/c1-2-6-21-20(5-1)25-22(26-21)17-7-9-18(10-8-17)28-23-19(4-3-13-24-23)16-11-14-27-15-12-16/h1,3-5,13,16-18H,2,6-12,14-15H2,(H,25,26). The molecule has 0 amide bonds. The fourth-order valence-corrected chi connectivity index (χ4v) is 4.82. The summed E-state index contributed by atoms with van der Waals surface area (Å²) in [6.07, 6.45) is 15.2. The maximum atomic E-state index is 6.41. The minimum absolute atomic E-state index is 0.259. The summed E-state index contributed by atoms with van der Waals surface area (Å²) in [5.74, 6) is 3.06. The maximum Gasteiger partial charge on any atom is 0.217 e. The third-order valence-electron chi connectivity index (χ3n) is 6.47. The number of aromatic nitrogens is 3. The summed E-state index contributed by atoms with van der Waals surface area (Å²) in [5, 5.41) is 0. The van der Waals surface area contributed by atoms with E-state index in [1.165, 1.54) is 17.1 Å². The molecule has 1 saturated heterocycles. The van der Waals surface area contributed by atoms with E-state index in [0.717, 1.165) is 76.2 Å². The topological polar surface area (TPSA) is 60.0 Å². The molecule has 5 rings (SSSR count). The van der Waals surface area contributed by atoms with Gasteiger partial charge < -0.3 is 14.5 Å². The zero-order valence-electron chi connectivity index (χ0n) is 16.4. The zero-order valence-corrected chi connectivity index (χ0v) is 16.4. The summed E-state index contributed by atoms with van der Waals surface area (Å²) in [6.45, 7) is 1.68. The number of hydrogen-bond donors (Lipinski definition) is 1. The van der Waals surface area contributed by atoms with Crippen LogP contribution in [0.2, 0.25) is 0 Å². The van der Waals surface area contributed by atoms with E-state index in [9.17, 15) is 0 Å². The van der Waals surface area contributed by atoms with Crippen molar-refractivity contribution in [3.8, 4) is 5.88 Å². The van der Waals surface area contributed by atoms with Crippen molar-refractivity contribution in [2.24, 2.45) is 0 Å². The number of allylic oxidation sites excluding steroid dienone is 1.